The Labute approximate surface area is 97.5 Å². The summed E-state index contributed by atoms with van der Waals surface area (Å²) in [6, 6.07) is 10.9. The highest BCUT2D eigenvalue weighted by molar-refractivity contribution is 5.19. The van der Waals surface area contributed by atoms with Crippen molar-refractivity contribution in [3.8, 4) is 0 Å². The van der Waals surface area contributed by atoms with E-state index in [0.29, 0.717) is 12.1 Å². The topological polar surface area (TPSA) is 12.5 Å². The second-order valence-corrected chi connectivity index (χ2v) is 4.31. The lowest BCUT2D eigenvalue weighted by Crippen LogP contribution is -2.43. The van der Waals surface area contributed by atoms with Gasteiger partial charge in [0.1, 0.15) is 0 Å². The molecule has 0 N–H and O–H groups in total. The molecule has 1 aromatic carbocycles. The molecule has 0 amide bonds. The Hall–Kier alpha value is -1.12. The van der Waals surface area contributed by atoms with Gasteiger partial charge in [-0.2, -0.15) is 0 Å². The van der Waals surface area contributed by atoms with Crippen molar-refractivity contribution in [3.05, 3.63) is 48.6 Å². The molecule has 1 aliphatic rings. The van der Waals surface area contributed by atoms with Crippen LogP contribution in [0.5, 0.6) is 0 Å². The standard InChI is InChI=1S/C14H19NO/c1-3-9-15-10-12(2)16-11-14(15)13-7-5-4-6-8-13/h3-8,12,14H,1,9-11H2,2H3/t12-,14-/m1/s1. The molecule has 0 bridgehead atoms. The third kappa shape index (κ3) is 2.52. The summed E-state index contributed by atoms with van der Waals surface area (Å²) in [6.45, 7) is 8.63. The maximum absolute atomic E-state index is 5.75. The SMILES string of the molecule is C=CCN1C[C@@H](C)OC[C@@H]1c1ccccc1. The van der Waals surface area contributed by atoms with Crippen LogP contribution >= 0.6 is 0 Å². The van der Waals surface area contributed by atoms with Gasteiger partial charge >= 0.3 is 0 Å². The number of ether oxygens (including phenoxy) is 1. The molecule has 0 radical (unpaired) electrons. The van der Waals surface area contributed by atoms with Crippen molar-refractivity contribution in [2.24, 2.45) is 0 Å². The number of benzene rings is 1. The molecule has 0 saturated carbocycles. The summed E-state index contributed by atoms with van der Waals surface area (Å²) in [5.41, 5.74) is 1.33. The van der Waals surface area contributed by atoms with Gasteiger partial charge in [-0.1, -0.05) is 36.4 Å². The minimum absolute atomic E-state index is 0.319. The van der Waals surface area contributed by atoms with E-state index in [4.69, 9.17) is 4.74 Å². The number of hydrogen-bond acceptors (Lipinski definition) is 2. The smallest absolute Gasteiger partial charge is 0.0675 e. The second kappa shape index (κ2) is 5.28. The molecular formula is C14H19NO. The lowest BCUT2D eigenvalue weighted by atomic mass is 10.0. The third-order valence-corrected chi connectivity index (χ3v) is 3.02. The van der Waals surface area contributed by atoms with E-state index in [0.717, 1.165) is 19.7 Å². The Morgan fingerprint density at radius 2 is 2.19 bits per heavy atom. The summed E-state index contributed by atoms with van der Waals surface area (Å²) in [4.78, 5) is 2.43. The van der Waals surface area contributed by atoms with E-state index in [1.54, 1.807) is 0 Å². The first kappa shape index (κ1) is 11.4. The summed E-state index contributed by atoms with van der Waals surface area (Å²) >= 11 is 0. The van der Waals surface area contributed by atoms with Gasteiger partial charge in [0.25, 0.3) is 0 Å². The van der Waals surface area contributed by atoms with Crippen LogP contribution in [0.1, 0.15) is 18.5 Å². The fourth-order valence-electron chi connectivity index (χ4n) is 2.22. The summed E-state index contributed by atoms with van der Waals surface area (Å²) in [5.74, 6) is 0. The normalized spacial score (nSPS) is 26.6. The van der Waals surface area contributed by atoms with E-state index in [9.17, 15) is 0 Å². The first-order valence-corrected chi connectivity index (χ1v) is 5.82. The van der Waals surface area contributed by atoms with Crippen LogP contribution in [0, 0.1) is 0 Å². The predicted octanol–water partition coefficient (Wildman–Crippen LogP) is 2.63. The average Bonchev–Trinajstić information content (AvgIpc) is 2.31. The summed E-state index contributed by atoms with van der Waals surface area (Å²) in [7, 11) is 0. The van der Waals surface area contributed by atoms with Crippen LogP contribution in [-0.4, -0.2) is 30.7 Å². The van der Waals surface area contributed by atoms with Crippen LogP contribution in [0.25, 0.3) is 0 Å². The monoisotopic (exact) mass is 217 g/mol. The van der Waals surface area contributed by atoms with Gasteiger partial charge in [0.2, 0.25) is 0 Å². The lowest BCUT2D eigenvalue weighted by Gasteiger charge is -2.38. The van der Waals surface area contributed by atoms with Crippen LogP contribution in [0.2, 0.25) is 0 Å². The number of rotatable bonds is 3. The first-order chi connectivity index (χ1) is 7.81. The van der Waals surface area contributed by atoms with Crippen molar-refractivity contribution >= 4 is 0 Å². The van der Waals surface area contributed by atoms with Gasteiger partial charge in [-0.3, -0.25) is 4.90 Å². The molecule has 1 fully saturated rings. The molecule has 86 valence electrons. The molecule has 1 heterocycles. The molecule has 1 aromatic rings. The van der Waals surface area contributed by atoms with Gasteiger partial charge < -0.3 is 4.74 Å². The van der Waals surface area contributed by atoms with Crippen molar-refractivity contribution in [1.29, 1.82) is 0 Å². The average molecular weight is 217 g/mol. The van der Waals surface area contributed by atoms with Gasteiger partial charge in [-0.25, -0.2) is 0 Å². The molecule has 1 aliphatic heterocycles. The molecule has 2 heteroatoms. The van der Waals surface area contributed by atoms with Crippen LogP contribution < -0.4 is 0 Å². The summed E-state index contributed by atoms with van der Waals surface area (Å²) in [6.07, 6.45) is 2.29. The Bertz CT molecular complexity index is 336. The highest BCUT2D eigenvalue weighted by atomic mass is 16.5. The fraction of sp³-hybridized carbons (Fsp3) is 0.429. The van der Waals surface area contributed by atoms with E-state index in [1.165, 1.54) is 5.56 Å². The molecule has 2 rings (SSSR count). The van der Waals surface area contributed by atoms with Crippen LogP contribution in [0.3, 0.4) is 0 Å². The summed E-state index contributed by atoms with van der Waals surface area (Å²) in [5, 5.41) is 0. The minimum atomic E-state index is 0.319. The molecule has 2 nitrogen and oxygen atoms in total. The molecule has 16 heavy (non-hydrogen) atoms. The van der Waals surface area contributed by atoms with Gasteiger partial charge in [-0.15, -0.1) is 6.58 Å². The largest absolute Gasteiger partial charge is 0.375 e. The van der Waals surface area contributed by atoms with Gasteiger partial charge in [0.05, 0.1) is 18.8 Å². The van der Waals surface area contributed by atoms with Crippen LogP contribution in [-0.2, 0) is 4.74 Å². The zero-order chi connectivity index (χ0) is 11.4. The minimum Gasteiger partial charge on any atom is -0.375 e. The second-order valence-electron chi connectivity index (χ2n) is 4.31. The summed E-state index contributed by atoms with van der Waals surface area (Å²) < 4.78 is 5.75. The predicted molar refractivity (Wildman–Crippen MR) is 66.4 cm³/mol. The van der Waals surface area contributed by atoms with Gasteiger partial charge in [-0.05, 0) is 12.5 Å². The molecular weight excluding hydrogens is 198 g/mol. The molecule has 0 aromatic heterocycles. The van der Waals surface area contributed by atoms with E-state index in [-0.39, 0.29) is 0 Å². The number of morpholine rings is 1. The van der Waals surface area contributed by atoms with Crippen LogP contribution in [0.15, 0.2) is 43.0 Å². The molecule has 0 aliphatic carbocycles. The van der Waals surface area contributed by atoms with Crippen molar-refractivity contribution in [2.45, 2.75) is 19.1 Å². The number of nitrogens with zero attached hydrogens (tertiary/aromatic N) is 1. The fourth-order valence-corrected chi connectivity index (χ4v) is 2.22. The number of hydrogen-bond donors (Lipinski definition) is 0. The van der Waals surface area contributed by atoms with Crippen molar-refractivity contribution in [1.82, 2.24) is 4.90 Å². The zero-order valence-corrected chi connectivity index (χ0v) is 9.80. The molecule has 0 spiro atoms. The molecule has 0 unspecified atom stereocenters. The maximum atomic E-state index is 5.75. The molecule has 1 saturated heterocycles. The third-order valence-electron chi connectivity index (χ3n) is 3.02. The van der Waals surface area contributed by atoms with E-state index >= 15 is 0 Å². The van der Waals surface area contributed by atoms with Gasteiger partial charge in [0.15, 0.2) is 0 Å². The zero-order valence-electron chi connectivity index (χ0n) is 9.80. The van der Waals surface area contributed by atoms with Gasteiger partial charge in [0, 0.05) is 13.1 Å². The van der Waals surface area contributed by atoms with Crippen molar-refractivity contribution < 1.29 is 4.74 Å². The molecule has 2 atom stereocenters. The first-order valence-electron chi connectivity index (χ1n) is 5.82. The van der Waals surface area contributed by atoms with Crippen molar-refractivity contribution in [3.63, 3.8) is 0 Å². The Morgan fingerprint density at radius 3 is 2.88 bits per heavy atom. The quantitative estimate of drug-likeness (QED) is 0.722. The van der Waals surface area contributed by atoms with E-state index in [2.05, 4.69) is 42.7 Å². The van der Waals surface area contributed by atoms with Crippen molar-refractivity contribution in [2.75, 3.05) is 19.7 Å². The Kier molecular flexibility index (Phi) is 3.75. The lowest BCUT2D eigenvalue weighted by molar-refractivity contribution is -0.0516. The van der Waals surface area contributed by atoms with E-state index < -0.39 is 0 Å². The highest BCUT2D eigenvalue weighted by Gasteiger charge is 2.26. The Balaban J connectivity index is 2.15. The maximum Gasteiger partial charge on any atom is 0.0675 e. The van der Waals surface area contributed by atoms with Crippen LogP contribution in [0.4, 0.5) is 0 Å². The van der Waals surface area contributed by atoms with E-state index in [1.807, 2.05) is 12.1 Å². The highest BCUT2D eigenvalue weighted by Crippen LogP contribution is 2.25. The Morgan fingerprint density at radius 1 is 1.44 bits per heavy atom.